The van der Waals surface area contributed by atoms with E-state index in [9.17, 15) is 0 Å². The second-order valence-electron chi connectivity index (χ2n) is 5.30. The van der Waals surface area contributed by atoms with Crippen molar-refractivity contribution in [3.8, 4) is 0 Å². The molecule has 22 heavy (non-hydrogen) atoms. The zero-order chi connectivity index (χ0) is 14.8. The lowest BCUT2D eigenvalue weighted by atomic mass is 10.1. The molecule has 3 heteroatoms. The van der Waals surface area contributed by atoms with Gasteiger partial charge in [-0.2, -0.15) is 0 Å². The van der Waals surface area contributed by atoms with Crippen LogP contribution in [0.4, 0.5) is 11.4 Å². The summed E-state index contributed by atoms with van der Waals surface area (Å²) in [7, 11) is 0. The Balaban J connectivity index is 1.69. The molecule has 0 saturated heterocycles. The number of fused-ring (bicyclic) bond motifs is 2. The average molecular weight is 304 g/mol. The van der Waals surface area contributed by atoms with E-state index in [1.165, 1.54) is 26.7 Å². The Morgan fingerprint density at radius 3 is 2.14 bits per heavy atom. The molecular weight excluding hydrogens is 288 g/mol. The summed E-state index contributed by atoms with van der Waals surface area (Å²) < 4.78 is 0. The number of benzene rings is 2. The summed E-state index contributed by atoms with van der Waals surface area (Å²) in [6.07, 6.45) is 4.77. The molecule has 0 atom stereocenters. The molecule has 0 aliphatic carbocycles. The van der Waals surface area contributed by atoms with Crippen LogP contribution in [-0.4, -0.2) is 11.5 Å². The summed E-state index contributed by atoms with van der Waals surface area (Å²) >= 11 is 1.85. The number of rotatable bonds is 3. The highest BCUT2D eigenvalue weighted by Crippen LogP contribution is 2.47. The molecule has 2 aromatic carbocycles. The monoisotopic (exact) mass is 304 g/mol. The van der Waals surface area contributed by atoms with Crippen molar-refractivity contribution in [2.24, 2.45) is 0 Å². The summed E-state index contributed by atoms with van der Waals surface area (Å²) in [5, 5.41) is 0. The molecule has 2 nitrogen and oxygen atoms in total. The summed E-state index contributed by atoms with van der Waals surface area (Å²) in [4.78, 5) is 9.29. The minimum atomic E-state index is 0.959. The van der Waals surface area contributed by atoms with Gasteiger partial charge >= 0.3 is 0 Å². The zero-order valence-electron chi connectivity index (χ0n) is 12.1. The highest BCUT2D eigenvalue weighted by molar-refractivity contribution is 7.99. The summed E-state index contributed by atoms with van der Waals surface area (Å²) in [6.45, 7) is 0.959. The van der Waals surface area contributed by atoms with E-state index in [-0.39, 0.29) is 0 Å². The third-order valence-corrected chi connectivity index (χ3v) is 5.01. The lowest BCUT2D eigenvalue weighted by Crippen LogP contribution is -2.23. The van der Waals surface area contributed by atoms with Crippen LogP contribution in [0, 0.1) is 0 Å². The lowest BCUT2D eigenvalue weighted by Gasteiger charge is -2.32. The maximum atomic E-state index is 4.21. The number of pyridine rings is 1. The van der Waals surface area contributed by atoms with E-state index in [0.29, 0.717) is 0 Å². The third-order valence-electron chi connectivity index (χ3n) is 3.88. The molecule has 0 amide bonds. The van der Waals surface area contributed by atoms with Crippen LogP contribution in [0.15, 0.2) is 82.8 Å². The Kier molecular flexibility index (Phi) is 3.57. The number of para-hydroxylation sites is 2. The van der Waals surface area contributed by atoms with E-state index in [4.69, 9.17) is 0 Å². The van der Waals surface area contributed by atoms with Crippen LogP contribution in [-0.2, 0) is 6.42 Å². The first kappa shape index (κ1) is 13.4. The van der Waals surface area contributed by atoms with Crippen LogP contribution in [0.3, 0.4) is 0 Å². The Labute approximate surface area is 134 Å². The maximum Gasteiger partial charge on any atom is 0.0552 e. The predicted octanol–water partition coefficient (Wildman–Crippen LogP) is 4.93. The topological polar surface area (TPSA) is 16.1 Å². The Morgan fingerprint density at radius 2 is 1.50 bits per heavy atom. The fourth-order valence-electron chi connectivity index (χ4n) is 2.81. The third kappa shape index (κ3) is 2.48. The van der Waals surface area contributed by atoms with Gasteiger partial charge < -0.3 is 4.90 Å². The van der Waals surface area contributed by atoms with E-state index < -0.39 is 0 Å². The van der Waals surface area contributed by atoms with Gasteiger partial charge in [0.15, 0.2) is 0 Å². The highest BCUT2D eigenvalue weighted by atomic mass is 32.2. The SMILES string of the molecule is c1cncc(CCN2c3ccccc3Sc3ccccc32)c1. The first-order chi connectivity index (χ1) is 10.9. The van der Waals surface area contributed by atoms with Gasteiger partial charge in [-0.25, -0.2) is 0 Å². The van der Waals surface area contributed by atoms with Crippen molar-refractivity contribution >= 4 is 23.1 Å². The van der Waals surface area contributed by atoms with Crippen LogP contribution < -0.4 is 4.90 Å². The molecule has 0 fully saturated rings. The zero-order valence-corrected chi connectivity index (χ0v) is 13.0. The van der Waals surface area contributed by atoms with E-state index in [0.717, 1.165) is 13.0 Å². The molecule has 0 bridgehead atoms. The fourth-order valence-corrected chi connectivity index (χ4v) is 3.90. The highest BCUT2D eigenvalue weighted by Gasteiger charge is 2.22. The van der Waals surface area contributed by atoms with Gasteiger partial charge in [-0.1, -0.05) is 42.1 Å². The van der Waals surface area contributed by atoms with Crippen LogP contribution in [0.25, 0.3) is 0 Å². The van der Waals surface area contributed by atoms with Gasteiger partial charge in [-0.15, -0.1) is 0 Å². The van der Waals surface area contributed by atoms with E-state index >= 15 is 0 Å². The number of hydrogen-bond acceptors (Lipinski definition) is 3. The molecule has 0 spiro atoms. The largest absolute Gasteiger partial charge is 0.339 e. The Hall–Kier alpha value is -2.26. The minimum Gasteiger partial charge on any atom is -0.339 e. The molecule has 0 saturated carbocycles. The molecule has 1 aliphatic rings. The van der Waals surface area contributed by atoms with Crippen molar-refractivity contribution in [3.05, 3.63) is 78.6 Å². The molecule has 1 aromatic heterocycles. The summed E-state index contributed by atoms with van der Waals surface area (Å²) in [5.41, 5.74) is 3.88. The van der Waals surface area contributed by atoms with Gasteiger partial charge in [0.2, 0.25) is 0 Å². The van der Waals surface area contributed by atoms with Gasteiger partial charge in [-0.3, -0.25) is 4.98 Å². The van der Waals surface area contributed by atoms with Gasteiger partial charge in [0.25, 0.3) is 0 Å². The van der Waals surface area contributed by atoms with Crippen molar-refractivity contribution in [2.45, 2.75) is 16.2 Å². The fraction of sp³-hybridized carbons (Fsp3) is 0.105. The lowest BCUT2D eigenvalue weighted by molar-refractivity contribution is 0.886. The van der Waals surface area contributed by atoms with Crippen LogP contribution in [0.1, 0.15) is 5.56 Å². The molecule has 4 rings (SSSR count). The first-order valence-corrected chi connectivity index (χ1v) is 8.26. The first-order valence-electron chi connectivity index (χ1n) is 7.44. The molecule has 0 N–H and O–H groups in total. The standard InChI is InChI=1S/C19H16N2S/c1-3-9-18-16(7-1)21(13-11-15-6-5-12-20-14-15)17-8-2-4-10-19(17)22-18/h1-10,12,14H,11,13H2. The Bertz CT molecular complexity index is 741. The average Bonchev–Trinajstić information content (AvgIpc) is 2.59. The summed E-state index contributed by atoms with van der Waals surface area (Å²) in [5.74, 6) is 0. The molecular formula is C19H16N2S. The Morgan fingerprint density at radius 1 is 0.818 bits per heavy atom. The smallest absolute Gasteiger partial charge is 0.0552 e. The summed E-state index contributed by atoms with van der Waals surface area (Å²) in [6, 6.07) is 21.4. The quantitative estimate of drug-likeness (QED) is 0.682. The minimum absolute atomic E-state index is 0.959. The molecule has 2 heterocycles. The molecule has 1 aliphatic heterocycles. The number of nitrogens with zero attached hydrogens (tertiary/aromatic N) is 2. The molecule has 108 valence electrons. The molecule has 0 unspecified atom stereocenters. The van der Waals surface area contributed by atoms with E-state index in [1.54, 1.807) is 0 Å². The van der Waals surface area contributed by atoms with Crippen molar-refractivity contribution in [3.63, 3.8) is 0 Å². The second-order valence-corrected chi connectivity index (χ2v) is 6.38. The van der Waals surface area contributed by atoms with Crippen LogP contribution in [0.2, 0.25) is 0 Å². The van der Waals surface area contributed by atoms with Crippen molar-refractivity contribution in [1.82, 2.24) is 4.98 Å². The number of hydrogen-bond donors (Lipinski definition) is 0. The van der Waals surface area contributed by atoms with Crippen molar-refractivity contribution < 1.29 is 0 Å². The normalized spacial score (nSPS) is 12.6. The number of aromatic nitrogens is 1. The second kappa shape index (κ2) is 5.85. The molecule has 0 radical (unpaired) electrons. The van der Waals surface area contributed by atoms with Crippen LogP contribution >= 0.6 is 11.8 Å². The van der Waals surface area contributed by atoms with Crippen molar-refractivity contribution in [1.29, 1.82) is 0 Å². The predicted molar refractivity (Wildman–Crippen MR) is 92.0 cm³/mol. The maximum absolute atomic E-state index is 4.21. The van der Waals surface area contributed by atoms with Gasteiger partial charge in [-0.05, 0) is 42.3 Å². The number of anilines is 2. The van der Waals surface area contributed by atoms with E-state index in [1.807, 2.05) is 30.2 Å². The van der Waals surface area contributed by atoms with Gasteiger partial charge in [0.05, 0.1) is 11.4 Å². The van der Waals surface area contributed by atoms with Gasteiger partial charge in [0.1, 0.15) is 0 Å². The van der Waals surface area contributed by atoms with E-state index in [2.05, 4.69) is 64.5 Å². The van der Waals surface area contributed by atoms with Crippen molar-refractivity contribution in [2.75, 3.05) is 11.4 Å². The molecule has 3 aromatic rings. The van der Waals surface area contributed by atoms with Gasteiger partial charge in [0, 0.05) is 28.7 Å². The van der Waals surface area contributed by atoms with Crippen LogP contribution in [0.5, 0.6) is 0 Å².